The van der Waals surface area contributed by atoms with Crippen molar-refractivity contribution in [3.05, 3.63) is 34.4 Å². The van der Waals surface area contributed by atoms with Crippen LogP contribution in [0.4, 0.5) is 0 Å². The molecule has 0 amide bonds. The van der Waals surface area contributed by atoms with E-state index in [0.29, 0.717) is 5.78 Å². The fourth-order valence-corrected chi connectivity index (χ4v) is 2.55. The molecule has 0 saturated heterocycles. The maximum atomic E-state index is 11.9. The van der Waals surface area contributed by atoms with Gasteiger partial charge in [-0.2, -0.15) is 0 Å². The molecule has 0 aromatic heterocycles. The molecule has 1 heteroatoms. The highest BCUT2D eigenvalue weighted by molar-refractivity contribution is 6.00. The van der Waals surface area contributed by atoms with Crippen LogP contribution in [0.1, 0.15) is 53.7 Å². The van der Waals surface area contributed by atoms with E-state index in [1.807, 2.05) is 0 Å². The number of Topliss-reactive ketones (excluding diaryl/α,β-unsaturated/α-hetero) is 1. The summed E-state index contributed by atoms with van der Waals surface area (Å²) in [6, 6.07) is 4.34. The first-order valence-electron chi connectivity index (χ1n) is 5.94. The molecule has 0 saturated carbocycles. The first-order chi connectivity index (χ1) is 7.27. The quantitative estimate of drug-likeness (QED) is 0.719. The second kappa shape index (κ2) is 4.18. The molecule has 0 N–H and O–H groups in total. The lowest BCUT2D eigenvalue weighted by atomic mass is 9.83. The minimum atomic E-state index is 0.364. The van der Waals surface area contributed by atoms with Crippen molar-refractivity contribution in [3.63, 3.8) is 0 Å². The molecule has 1 nitrogen and oxygen atoms in total. The van der Waals surface area contributed by atoms with E-state index in [1.54, 1.807) is 0 Å². The van der Waals surface area contributed by atoms with Crippen LogP contribution in [0.5, 0.6) is 0 Å². The van der Waals surface area contributed by atoms with Crippen LogP contribution in [-0.2, 0) is 19.3 Å². The van der Waals surface area contributed by atoms with Crippen molar-refractivity contribution >= 4 is 5.78 Å². The van der Waals surface area contributed by atoms with Gasteiger partial charge in [0.25, 0.3) is 0 Å². The lowest BCUT2D eigenvalue weighted by Crippen LogP contribution is -2.15. The first kappa shape index (κ1) is 10.4. The normalized spacial score (nSPS) is 15.2. The van der Waals surface area contributed by atoms with Crippen molar-refractivity contribution in [1.82, 2.24) is 0 Å². The van der Waals surface area contributed by atoms with Crippen LogP contribution in [0, 0.1) is 0 Å². The molecule has 1 aromatic carbocycles. The molecule has 0 bridgehead atoms. The third kappa shape index (κ3) is 1.71. The molecule has 1 aliphatic carbocycles. The summed E-state index contributed by atoms with van der Waals surface area (Å²) in [5.41, 5.74) is 5.01. The second-order valence-corrected chi connectivity index (χ2v) is 4.22. The minimum absolute atomic E-state index is 0.364. The third-order valence-electron chi connectivity index (χ3n) is 3.37. The molecular weight excluding hydrogens is 184 g/mol. The highest BCUT2D eigenvalue weighted by atomic mass is 16.1. The molecule has 15 heavy (non-hydrogen) atoms. The Kier molecular flexibility index (Phi) is 2.90. The summed E-state index contributed by atoms with van der Waals surface area (Å²) in [7, 11) is 0. The molecule has 0 heterocycles. The van der Waals surface area contributed by atoms with E-state index in [9.17, 15) is 4.79 Å². The van der Waals surface area contributed by atoms with Gasteiger partial charge < -0.3 is 0 Å². The molecule has 1 aromatic rings. The summed E-state index contributed by atoms with van der Waals surface area (Å²) >= 11 is 0. The Morgan fingerprint density at radius 2 is 1.73 bits per heavy atom. The van der Waals surface area contributed by atoms with Gasteiger partial charge in [-0.15, -0.1) is 0 Å². The van der Waals surface area contributed by atoms with Crippen LogP contribution < -0.4 is 0 Å². The summed E-state index contributed by atoms with van der Waals surface area (Å²) in [5.74, 6) is 0.364. The van der Waals surface area contributed by atoms with Crippen LogP contribution in [0.25, 0.3) is 0 Å². The van der Waals surface area contributed by atoms with E-state index >= 15 is 0 Å². The number of aryl methyl sites for hydroxylation is 2. The van der Waals surface area contributed by atoms with Crippen LogP contribution >= 0.6 is 0 Å². The molecule has 0 radical (unpaired) electrons. The summed E-state index contributed by atoms with van der Waals surface area (Å²) < 4.78 is 0. The van der Waals surface area contributed by atoms with Gasteiger partial charge in [0.05, 0.1) is 0 Å². The van der Waals surface area contributed by atoms with Crippen molar-refractivity contribution in [3.8, 4) is 0 Å². The molecule has 0 fully saturated rings. The summed E-state index contributed by atoms with van der Waals surface area (Å²) in [6.07, 6.45) is 4.88. The topological polar surface area (TPSA) is 17.1 Å². The Morgan fingerprint density at radius 1 is 1.07 bits per heavy atom. The number of carbonyl (C=O) groups excluding carboxylic acids is 1. The number of carbonyl (C=O) groups is 1. The Hall–Kier alpha value is -1.11. The molecular formula is C14H18O. The van der Waals surface area contributed by atoms with Gasteiger partial charge in [-0.3, -0.25) is 4.79 Å². The predicted molar refractivity (Wildman–Crippen MR) is 62.5 cm³/mol. The van der Waals surface area contributed by atoms with Crippen LogP contribution in [-0.4, -0.2) is 5.78 Å². The molecule has 2 rings (SSSR count). The fourth-order valence-electron chi connectivity index (χ4n) is 2.55. The number of rotatable bonds is 2. The first-order valence-corrected chi connectivity index (χ1v) is 5.94. The Morgan fingerprint density at radius 3 is 2.40 bits per heavy atom. The van der Waals surface area contributed by atoms with E-state index in [2.05, 4.69) is 26.0 Å². The summed E-state index contributed by atoms with van der Waals surface area (Å²) in [5, 5.41) is 0. The Balaban J connectivity index is 2.61. The number of hydrogen-bond donors (Lipinski definition) is 0. The predicted octanol–water partition coefficient (Wildman–Crippen LogP) is 3.33. The SMILES string of the molecule is CCc1ccc(CC)c2c1CCCC2=O. The third-order valence-corrected chi connectivity index (χ3v) is 3.37. The Labute approximate surface area is 91.5 Å². The van der Waals surface area contributed by atoms with Gasteiger partial charge in [-0.1, -0.05) is 26.0 Å². The molecule has 80 valence electrons. The minimum Gasteiger partial charge on any atom is -0.294 e. The van der Waals surface area contributed by atoms with E-state index in [1.165, 1.54) is 16.7 Å². The zero-order valence-electron chi connectivity index (χ0n) is 9.60. The largest absolute Gasteiger partial charge is 0.294 e. The van der Waals surface area contributed by atoms with Crippen LogP contribution in [0.3, 0.4) is 0 Å². The monoisotopic (exact) mass is 202 g/mol. The lowest BCUT2D eigenvalue weighted by Gasteiger charge is -2.20. The average molecular weight is 202 g/mol. The number of benzene rings is 1. The van der Waals surface area contributed by atoms with Crippen molar-refractivity contribution in [2.24, 2.45) is 0 Å². The molecule has 0 spiro atoms. The van der Waals surface area contributed by atoms with E-state index < -0.39 is 0 Å². The van der Waals surface area contributed by atoms with Gasteiger partial charge >= 0.3 is 0 Å². The van der Waals surface area contributed by atoms with E-state index in [-0.39, 0.29) is 0 Å². The molecule has 0 atom stereocenters. The van der Waals surface area contributed by atoms with Gasteiger partial charge in [0.2, 0.25) is 0 Å². The van der Waals surface area contributed by atoms with Gasteiger partial charge in [0, 0.05) is 12.0 Å². The highest BCUT2D eigenvalue weighted by Gasteiger charge is 2.21. The second-order valence-electron chi connectivity index (χ2n) is 4.22. The zero-order chi connectivity index (χ0) is 10.8. The maximum absolute atomic E-state index is 11.9. The number of hydrogen-bond acceptors (Lipinski definition) is 1. The smallest absolute Gasteiger partial charge is 0.163 e. The maximum Gasteiger partial charge on any atom is 0.163 e. The standard InChI is InChI=1S/C14H18O/c1-3-10-8-9-11(4-2)14-12(10)6-5-7-13(14)15/h8-9H,3-7H2,1-2H3. The van der Waals surface area contributed by atoms with Gasteiger partial charge in [0.1, 0.15) is 0 Å². The van der Waals surface area contributed by atoms with Crippen molar-refractivity contribution in [1.29, 1.82) is 0 Å². The van der Waals surface area contributed by atoms with E-state index in [0.717, 1.165) is 37.7 Å². The number of ketones is 1. The van der Waals surface area contributed by atoms with Gasteiger partial charge in [0.15, 0.2) is 5.78 Å². The van der Waals surface area contributed by atoms with Gasteiger partial charge in [-0.25, -0.2) is 0 Å². The zero-order valence-corrected chi connectivity index (χ0v) is 9.60. The highest BCUT2D eigenvalue weighted by Crippen LogP contribution is 2.28. The lowest BCUT2D eigenvalue weighted by molar-refractivity contribution is 0.0971. The molecule has 0 aliphatic heterocycles. The summed E-state index contributed by atoms with van der Waals surface area (Å²) in [4.78, 5) is 11.9. The Bertz CT molecular complexity index is 391. The molecule has 1 aliphatic rings. The van der Waals surface area contributed by atoms with Crippen molar-refractivity contribution in [2.45, 2.75) is 46.0 Å². The number of fused-ring (bicyclic) bond motifs is 1. The van der Waals surface area contributed by atoms with Crippen LogP contribution in [0.2, 0.25) is 0 Å². The van der Waals surface area contributed by atoms with E-state index in [4.69, 9.17) is 0 Å². The summed E-state index contributed by atoms with van der Waals surface area (Å²) in [6.45, 7) is 4.30. The van der Waals surface area contributed by atoms with Crippen molar-refractivity contribution < 1.29 is 4.79 Å². The van der Waals surface area contributed by atoms with Crippen LogP contribution in [0.15, 0.2) is 12.1 Å². The molecule has 0 unspecified atom stereocenters. The van der Waals surface area contributed by atoms with Gasteiger partial charge in [-0.05, 0) is 42.4 Å². The fraction of sp³-hybridized carbons (Fsp3) is 0.500. The average Bonchev–Trinajstić information content (AvgIpc) is 2.28. The van der Waals surface area contributed by atoms with Crippen molar-refractivity contribution in [2.75, 3.05) is 0 Å².